The lowest BCUT2D eigenvalue weighted by atomic mass is 10.3. The van der Waals surface area contributed by atoms with E-state index in [1.54, 1.807) is 0 Å². The Morgan fingerprint density at radius 2 is 2.14 bits per heavy atom. The van der Waals surface area contributed by atoms with Gasteiger partial charge in [0, 0.05) is 21.6 Å². The van der Waals surface area contributed by atoms with E-state index in [9.17, 15) is 18.0 Å². The smallest absolute Gasteiger partial charge is 0.434 e. The summed E-state index contributed by atoms with van der Waals surface area (Å²) in [6, 6.07) is 1.37. The van der Waals surface area contributed by atoms with Gasteiger partial charge >= 0.3 is 12.3 Å². The van der Waals surface area contributed by atoms with E-state index in [4.69, 9.17) is 5.11 Å². The number of nitrogens with one attached hydrogen (secondary N) is 2. The molecule has 2 rings (SSSR count). The third-order valence-corrected chi connectivity index (χ3v) is 3.69. The molecule has 0 saturated heterocycles. The largest absolute Gasteiger partial charge is 0.464 e. The molecule has 2 aromatic heterocycles. The van der Waals surface area contributed by atoms with Crippen LogP contribution in [0.15, 0.2) is 22.1 Å². The summed E-state index contributed by atoms with van der Waals surface area (Å²) >= 11 is 3.99. The first-order valence-corrected chi connectivity index (χ1v) is 6.88. The number of halogens is 4. The Labute approximate surface area is 128 Å². The highest BCUT2D eigenvalue weighted by Crippen LogP contribution is 2.36. The molecule has 0 fully saturated rings. The van der Waals surface area contributed by atoms with E-state index in [2.05, 4.69) is 31.3 Å². The van der Waals surface area contributed by atoms with Crippen molar-refractivity contribution in [1.82, 2.24) is 15.4 Å². The van der Waals surface area contributed by atoms with Crippen LogP contribution in [0.1, 0.15) is 5.69 Å². The van der Waals surface area contributed by atoms with Gasteiger partial charge in [0.1, 0.15) is 10.8 Å². The monoisotopic (exact) mass is 382 g/mol. The summed E-state index contributed by atoms with van der Waals surface area (Å²) < 4.78 is 38.1. The Bertz CT molecular complexity index is 677. The second-order valence-electron chi connectivity index (χ2n) is 3.64. The van der Waals surface area contributed by atoms with Crippen molar-refractivity contribution in [2.24, 2.45) is 0 Å². The van der Waals surface area contributed by atoms with Crippen molar-refractivity contribution in [1.29, 1.82) is 0 Å². The van der Waals surface area contributed by atoms with Gasteiger partial charge in [-0.15, -0.1) is 11.3 Å². The minimum Gasteiger partial charge on any atom is -0.464 e. The zero-order valence-electron chi connectivity index (χ0n) is 9.90. The van der Waals surface area contributed by atoms with E-state index in [-0.39, 0.29) is 10.8 Å². The molecule has 0 unspecified atom stereocenters. The van der Waals surface area contributed by atoms with Crippen molar-refractivity contribution < 1.29 is 23.1 Å². The van der Waals surface area contributed by atoms with E-state index in [1.807, 2.05) is 5.43 Å². The van der Waals surface area contributed by atoms with Crippen molar-refractivity contribution in [3.8, 4) is 10.6 Å². The molecule has 0 bridgehead atoms. The molecule has 3 N–H and O–H groups in total. The highest BCUT2D eigenvalue weighted by Gasteiger charge is 2.34. The summed E-state index contributed by atoms with van der Waals surface area (Å²) in [5, 5.41) is 9.50. The number of thiazole rings is 1. The molecule has 0 aliphatic carbocycles. The average Bonchev–Trinajstić information content (AvgIpc) is 2.87. The summed E-state index contributed by atoms with van der Waals surface area (Å²) in [6.07, 6.45) is -4.51. The maximum atomic E-state index is 12.5. The van der Waals surface area contributed by atoms with Gasteiger partial charge in [0.25, 0.3) is 0 Å². The molecule has 2 aromatic rings. The van der Waals surface area contributed by atoms with Crippen LogP contribution in [-0.2, 0) is 6.18 Å². The third kappa shape index (κ3) is 3.82. The molecule has 0 atom stereocenters. The Morgan fingerprint density at radius 1 is 1.43 bits per heavy atom. The van der Waals surface area contributed by atoms with Crippen molar-refractivity contribution >= 4 is 39.2 Å². The number of aromatic nitrogens is 2. The van der Waals surface area contributed by atoms with Crippen LogP contribution in [0.4, 0.5) is 23.8 Å². The predicted octanol–water partition coefficient (Wildman–Crippen LogP) is 3.58. The number of hydrogen-bond donors (Lipinski definition) is 3. The van der Waals surface area contributed by atoms with Gasteiger partial charge in [0.05, 0.1) is 0 Å². The van der Waals surface area contributed by atoms with Gasteiger partial charge < -0.3 is 5.11 Å². The average molecular weight is 383 g/mol. The topological polar surface area (TPSA) is 87.1 Å². The number of rotatable bonds is 3. The Morgan fingerprint density at radius 3 is 2.71 bits per heavy atom. The second kappa shape index (κ2) is 5.85. The highest BCUT2D eigenvalue weighted by molar-refractivity contribution is 9.10. The van der Waals surface area contributed by atoms with Crippen LogP contribution in [0.2, 0.25) is 0 Å². The molecule has 0 saturated carbocycles. The van der Waals surface area contributed by atoms with Crippen molar-refractivity contribution in [3.05, 3.63) is 27.8 Å². The lowest BCUT2D eigenvalue weighted by Gasteiger charge is -2.07. The predicted molar refractivity (Wildman–Crippen MR) is 72.8 cm³/mol. The fourth-order valence-corrected chi connectivity index (χ4v) is 2.71. The lowest BCUT2D eigenvalue weighted by Crippen LogP contribution is -2.27. The molecular weight excluding hydrogens is 377 g/mol. The van der Waals surface area contributed by atoms with Crippen LogP contribution in [-0.4, -0.2) is 21.2 Å². The van der Waals surface area contributed by atoms with Crippen LogP contribution >= 0.6 is 27.3 Å². The highest BCUT2D eigenvalue weighted by atomic mass is 79.9. The number of carbonyl (C=O) groups is 1. The van der Waals surface area contributed by atoms with E-state index in [0.29, 0.717) is 10.0 Å². The normalized spacial score (nSPS) is 11.2. The minimum atomic E-state index is -4.51. The third-order valence-electron chi connectivity index (χ3n) is 2.18. The summed E-state index contributed by atoms with van der Waals surface area (Å²) in [6.45, 7) is 0. The maximum Gasteiger partial charge on any atom is 0.434 e. The van der Waals surface area contributed by atoms with Crippen molar-refractivity contribution in [2.45, 2.75) is 6.18 Å². The standard InChI is InChI=1S/C10H6BrF3N4O2S/c11-5-2-15-7(17-18-9(19)20)1-4(5)8-16-6(3-21-8)10(12,13)14/h1-3,18H,(H,15,17)(H,19,20). The quantitative estimate of drug-likeness (QED) is 0.706. The number of hydrazine groups is 1. The first-order chi connectivity index (χ1) is 9.77. The number of anilines is 1. The summed E-state index contributed by atoms with van der Waals surface area (Å²) in [7, 11) is 0. The first kappa shape index (κ1) is 15.5. The molecule has 0 aliphatic rings. The molecule has 0 aliphatic heterocycles. The first-order valence-electron chi connectivity index (χ1n) is 5.21. The van der Waals surface area contributed by atoms with Gasteiger partial charge in [-0.3, -0.25) is 5.43 Å². The van der Waals surface area contributed by atoms with Gasteiger partial charge in [-0.05, 0) is 22.0 Å². The fourth-order valence-electron chi connectivity index (χ4n) is 1.32. The van der Waals surface area contributed by atoms with E-state index >= 15 is 0 Å². The van der Waals surface area contributed by atoms with Crippen LogP contribution in [0, 0.1) is 0 Å². The zero-order chi connectivity index (χ0) is 15.6. The fraction of sp³-hybridized carbons (Fsp3) is 0.100. The van der Waals surface area contributed by atoms with E-state index < -0.39 is 18.0 Å². The molecule has 112 valence electrons. The molecule has 0 aromatic carbocycles. The summed E-state index contributed by atoms with van der Waals surface area (Å²) in [4.78, 5) is 17.7. The number of nitrogens with zero attached hydrogens (tertiary/aromatic N) is 2. The summed E-state index contributed by atoms with van der Waals surface area (Å²) in [5.41, 5.74) is 3.55. The lowest BCUT2D eigenvalue weighted by molar-refractivity contribution is -0.140. The molecule has 0 spiro atoms. The molecule has 21 heavy (non-hydrogen) atoms. The number of amides is 1. The van der Waals surface area contributed by atoms with Gasteiger partial charge in [-0.1, -0.05) is 0 Å². The van der Waals surface area contributed by atoms with Crippen molar-refractivity contribution in [2.75, 3.05) is 5.43 Å². The Kier molecular flexibility index (Phi) is 4.32. The molecule has 0 radical (unpaired) electrons. The van der Waals surface area contributed by atoms with Crippen LogP contribution in [0.5, 0.6) is 0 Å². The minimum absolute atomic E-state index is 0.124. The Balaban J connectivity index is 2.32. The zero-order valence-corrected chi connectivity index (χ0v) is 12.3. The number of carboxylic acid groups (broad SMARTS) is 1. The molecule has 2 heterocycles. The maximum absolute atomic E-state index is 12.5. The van der Waals surface area contributed by atoms with Crippen LogP contribution in [0.25, 0.3) is 10.6 Å². The number of hydrogen-bond acceptors (Lipinski definition) is 5. The van der Waals surface area contributed by atoms with Crippen molar-refractivity contribution in [3.63, 3.8) is 0 Å². The second-order valence-corrected chi connectivity index (χ2v) is 5.35. The SMILES string of the molecule is O=C(O)NNc1cc(-c2nc(C(F)(F)F)cs2)c(Br)cn1. The Hall–Kier alpha value is -1.88. The van der Waals surface area contributed by atoms with Gasteiger partial charge in [0.15, 0.2) is 5.69 Å². The number of pyridine rings is 1. The number of alkyl halides is 3. The molecule has 1 amide bonds. The van der Waals surface area contributed by atoms with Gasteiger partial charge in [0.2, 0.25) is 0 Å². The molecular formula is C10H6BrF3N4O2S. The molecule has 11 heteroatoms. The van der Waals surface area contributed by atoms with E-state index in [1.165, 1.54) is 12.3 Å². The molecule has 6 nitrogen and oxygen atoms in total. The van der Waals surface area contributed by atoms with Crippen LogP contribution in [0.3, 0.4) is 0 Å². The van der Waals surface area contributed by atoms with Gasteiger partial charge in [-0.2, -0.15) is 13.2 Å². The summed E-state index contributed by atoms with van der Waals surface area (Å²) in [5.74, 6) is 0.124. The van der Waals surface area contributed by atoms with Crippen LogP contribution < -0.4 is 10.9 Å². The van der Waals surface area contributed by atoms with E-state index in [0.717, 1.165) is 16.7 Å². The van der Waals surface area contributed by atoms with Gasteiger partial charge in [-0.25, -0.2) is 20.2 Å².